The van der Waals surface area contributed by atoms with Gasteiger partial charge in [0.05, 0.1) is 23.2 Å². The minimum absolute atomic E-state index is 0.00286. The third-order valence-corrected chi connectivity index (χ3v) is 5.22. The van der Waals surface area contributed by atoms with E-state index in [9.17, 15) is 14.8 Å². The van der Waals surface area contributed by atoms with Gasteiger partial charge < -0.3 is 14.2 Å². The van der Waals surface area contributed by atoms with Crippen LogP contribution in [0.15, 0.2) is 47.8 Å². The first-order valence-electron chi connectivity index (χ1n) is 9.62. The molecule has 0 radical (unpaired) electrons. The van der Waals surface area contributed by atoms with Crippen LogP contribution in [0.25, 0.3) is 27.2 Å². The molecule has 2 aromatic carbocycles. The van der Waals surface area contributed by atoms with Crippen LogP contribution in [0.1, 0.15) is 36.2 Å². The van der Waals surface area contributed by atoms with Crippen molar-refractivity contribution in [1.82, 2.24) is 4.40 Å². The van der Waals surface area contributed by atoms with Crippen molar-refractivity contribution in [3.05, 3.63) is 58.6 Å². The van der Waals surface area contributed by atoms with E-state index in [0.29, 0.717) is 33.1 Å². The zero-order chi connectivity index (χ0) is 20.7. The summed E-state index contributed by atoms with van der Waals surface area (Å²) < 4.78 is 7.25. The highest BCUT2D eigenvalue weighted by molar-refractivity contribution is 6.23. The smallest absolute Gasteiger partial charge is 0.341 e. The van der Waals surface area contributed by atoms with E-state index in [1.807, 2.05) is 19.1 Å². The quantitative estimate of drug-likeness (QED) is 0.342. The summed E-state index contributed by atoms with van der Waals surface area (Å²) in [4.78, 5) is 25.0. The van der Waals surface area contributed by atoms with Crippen LogP contribution >= 0.6 is 0 Å². The van der Waals surface area contributed by atoms with Crippen molar-refractivity contribution in [3.63, 3.8) is 0 Å². The molecule has 0 saturated heterocycles. The average molecular weight is 390 g/mol. The fourth-order valence-electron chi connectivity index (χ4n) is 3.74. The van der Waals surface area contributed by atoms with Crippen molar-refractivity contribution >= 4 is 38.8 Å². The monoisotopic (exact) mass is 390 g/mol. The van der Waals surface area contributed by atoms with Crippen LogP contribution in [0.2, 0.25) is 0 Å². The number of aryl methyl sites for hydroxylation is 1. The molecule has 6 heteroatoms. The standard InChI is InChI=1S/C23H22N2O4/c1-13(2)9-11-29-23(27)18-17-12-14(3)8-10-25(17)21-19(18)20(24-28)15-6-4-5-7-16(15)22(21)26/h4-8,10,12-13,26H,9,11H2,1-3H3. The number of phenolic OH excluding ortho intramolecular Hbond substituents is 1. The number of nitrogens with zero attached hydrogens (tertiary/aromatic N) is 2. The average Bonchev–Trinajstić information content (AvgIpc) is 3.02. The third-order valence-electron chi connectivity index (χ3n) is 5.22. The maximum atomic E-state index is 13.1. The molecule has 4 aromatic rings. The van der Waals surface area contributed by atoms with Gasteiger partial charge in [-0.05, 0) is 42.1 Å². The first kappa shape index (κ1) is 18.9. The third kappa shape index (κ3) is 3.01. The second-order valence-electron chi connectivity index (χ2n) is 7.71. The Labute approximate surface area is 167 Å². The summed E-state index contributed by atoms with van der Waals surface area (Å²) in [5.41, 5.74) is 2.28. The number of pyridine rings is 1. The number of aromatic nitrogens is 1. The van der Waals surface area contributed by atoms with Crippen molar-refractivity contribution in [3.8, 4) is 5.75 Å². The maximum absolute atomic E-state index is 13.1. The van der Waals surface area contributed by atoms with E-state index < -0.39 is 5.97 Å². The van der Waals surface area contributed by atoms with Crippen LogP contribution in [0.4, 0.5) is 5.69 Å². The number of fused-ring (bicyclic) bond motifs is 4. The van der Waals surface area contributed by atoms with Gasteiger partial charge in [-0.2, -0.15) is 0 Å². The number of ether oxygens (including phenoxy) is 1. The van der Waals surface area contributed by atoms with Gasteiger partial charge in [0.15, 0.2) is 0 Å². The van der Waals surface area contributed by atoms with E-state index in [-0.39, 0.29) is 23.6 Å². The highest BCUT2D eigenvalue weighted by Gasteiger charge is 2.27. The number of carbonyl (C=O) groups excluding carboxylic acids is 1. The molecule has 0 aliphatic heterocycles. The fourth-order valence-corrected chi connectivity index (χ4v) is 3.74. The maximum Gasteiger partial charge on any atom is 0.341 e. The van der Waals surface area contributed by atoms with Gasteiger partial charge in [0.2, 0.25) is 0 Å². The minimum atomic E-state index is -0.525. The number of hydrogen-bond donors (Lipinski definition) is 1. The zero-order valence-corrected chi connectivity index (χ0v) is 16.6. The van der Waals surface area contributed by atoms with Crippen LogP contribution < -0.4 is 0 Å². The number of nitroso groups, excluding NO2 is 1. The Hall–Kier alpha value is -3.41. The van der Waals surface area contributed by atoms with Gasteiger partial charge in [-0.25, -0.2) is 4.79 Å². The van der Waals surface area contributed by atoms with Crippen molar-refractivity contribution < 1.29 is 14.6 Å². The normalized spacial score (nSPS) is 11.6. The van der Waals surface area contributed by atoms with E-state index in [4.69, 9.17) is 4.74 Å². The molecular formula is C23H22N2O4. The van der Waals surface area contributed by atoms with E-state index in [0.717, 1.165) is 12.0 Å². The van der Waals surface area contributed by atoms with Crippen LogP contribution in [-0.2, 0) is 4.74 Å². The number of esters is 1. The van der Waals surface area contributed by atoms with E-state index in [1.54, 1.807) is 34.9 Å². The van der Waals surface area contributed by atoms with E-state index >= 15 is 0 Å². The molecule has 0 amide bonds. The van der Waals surface area contributed by atoms with Gasteiger partial charge in [0.25, 0.3) is 0 Å². The second-order valence-corrected chi connectivity index (χ2v) is 7.71. The Bertz CT molecular complexity index is 1270. The highest BCUT2D eigenvalue weighted by atomic mass is 16.5. The van der Waals surface area contributed by atoms with Gasteiger partial charge in [0.1, 0.15) is 11.4 Å². The lowest BCUT2D eigenvalue weighted by Crippen LogP contribution is -2.08. The van der Waals surface area contributed by atoms with Crippen LogP contribution in [0.3, 0.4) is 0 Å². The summed E-state index contributed by atoms with van der Waals surface area (Å²) in [7, 11) is 0. The Kier molecular flexibility index (Phi) is 4.70. The number of benzene rings is 2. The molecule has 4 rings (SSSR count). The molecule has 0 spiro atoms. The van der Waals surface area contributed by atoms with Crippen LogP contribution in [-0.4, -0.2) is 22.1 Å². The summed E-state index contributed by atoms with van der Waals surface area (Å²) in [5, 5.41) is 15.6. The largest absolute Gasteiger partial charge is 0.505 e. The summed E-state index contributed by atoms with van der Waals surface area (Å²) in [6, 6.07) is 10.7. The number of hydrogen-bond acceptors (Lipinski definition) is 5. The van der Waals surface area contributed by atoms with Gasteiger partial charge in [-0.1, -0.05) is 38.1 Å². The first-order valence-corrected chi connectivity index (χ1v) is 9.62. The number of aromatic hydroxyl groups is 1. The zero-order valence-electron chi connectivity index (χ0n) is 16.6. The Morgan fingerprint density at radius 3 is 2.62 bits per heavy atom. The lowest BCUT2D eigenvalue weighted by Gasteiger charge is -2.09. The Morgan fingerprint density at radius 1 is 1.21 bits per heavy atom. The SMILES string of the molecule is Cc1ccn2c(c1)c(C(=O)OCCC(C)C)c1c(N=O)c3ccccc3c(O)c12. The van der Waals surface area contributed by atoms with Crippen LogP contribution in [0.5, 0.6) is 5.75 Å². The summed E-state index contributed by atoms with van der Waals surface area (Å²) >= 11 is 0. The molecule has 6 nitrogen and oxygen atoms in total. The summed E-state index contributed by atoms with van der Waals surface area (Å²) in [5.74, 6) is -0.126. The van der Waals surface area contributed by atoms with Crippen molar-refractivity contribution in [2.45, 2.75) is 27.2 Å². The predicted molar refractivity (Wildman–Crippen MR) is 114 cm³/mol. The van der Waals surface area contributed by atoms with E-state index in [1.165, 1.54) is 0 Å². The van der Waals surface area contributed by atoms with Gasteiger partial charge >= 0.3 is 5.97 Å². The van der Waals surface area contributed by atoms with Gasteiger partial charge in [-0.3, -0.25) is 0 Å². The molecule has 29 heavy (non-hydrogen) atoms. The molecule has 0 unspecified atom stereocenters. The Morgan fingerprint density at radius 2 is 1.93 bits per heavy atom. The van der Waals surface area contributed by atoms with Gasteiger partial charge in [0, 0.05) is 22.4 Å². The fraction of sp³-hybridized carbons (Fsp3) is 0.261. The lowest BCUT2D eigenvalue weighted by atomic mass is 10.0. The number of carbonyl (C=O) groups is 1. The van der Waals surface area contributed by atoms with E-state index in [2.05, 4.69) is 19.0 Å². The second kappa shape index (κ2) is 7.20. The Balaban J connectivity index is 2.10. The summed E-state index contributed by atoms with van der Waals surface area (Å²) in [6.07, 6.45) is 2.52. The first-order chi connectivity index (χ1) is 13.9. The summed E-state index contributed by atoms with van der Waals surface area (Å²) in [6.45, 7) is 6.31. The number of phenols is 1. The highest BCUT2D eigenvalue weighted by Crippen LogP contribution is 2.46. The predicted octanol–water partition coefficient (Wildman–Crippen LogP) is 5.86. The lowest BCUT2D eigenvalue weighted by molar-refractivity contribution is 0.0492. The molecule has 0 atom stereocenters. The molecule has 1 N–H and O–H groups in total. The van der Waals surface area contributed by atoms with Crippen molar-refractivity contribution in [2.75, 3.05) is 6.61 Å². The van der Waals surface area contributed by atoms with Crippen molar-refractivity contribution in [1.29, 1.82) is 0 Å². The molecule has 2 heterocycles. The topological polar surface area (TPSA) is 80.4 Å². The molecule has 0 aliphatic rings. The molecule has 148 valence electrons. The van der Waals surface area contributed by atoms with Crippen LogP contribution in [0, 0.1) is 17.7 Å². The minimum Gasteiger partial charge on any atom is -0.505 e. The molecule has 0 fully saturated rings. The molecule has 0 aliphatic carbocycles. The molecule has 0 saturated carbocycles. The molecular weight excluding hydrogens is 368 g/mol. The number of rotatable bonds is 5. The van der Waals surface area contributed by atoms with Gasteiger partial charge in [-0.15, -0.1) is 4.91 Å². The van der Waals surface area contributed by atoms with Crippen molar-refractivity contribution in [2.24, 2.45) is 11.1 Å². The molecule has 0 bridgehead atoms. The molecule has 2 aromatic heterocycles.